The van der Waals surface area contributed by atoms with Crippen LogP contribution in [-0.4, -0.2) is 28.1 Å². The number of ether oxygens (including phenoxy) is 1. The van der Waals surface area contributed by atoms with Gasteiger partial charge in [-0.2, -0.15) is 0 Å². The Hall–Kier alpha value is -0.700. The van der Waals surface area contributed by atoms with Gasteiger partial charge in [0.25, 0.3) is 5.00 Å². The summed E-state index contributed by atoms with van der Waals surface area (Å²) in [5, 5.41) is 8.49. The van der Waals surface area contributed by atoms with Crippen LogP contribution in [-0.2, 0) is 23.7 Å². The molecule has 0 saturated heterocycles. The normalized spacial score (nSPS) is 24.2. The van der Waals surface area contributed by atoms with Gasteiger partial charge >= 0.3 is 5.97 Å². The molecule has 1 rings (SSSR count). The lowest BCUT2D eigenvalue weighted by atomic mass is 9.96. The first-order chi connectivity index (χ1) is 7.97. The van der Waals surface area contributed by atoms with Gasteiger partial charge in [-0.15, -0.1) is 4.33 Å². The zero-order chi connectivity index (χ0) is 12.9. The van der Waals surface area contributed by atoms with Gasteiger partial charge in [0.1, 0.15) is 0 Å². The number of hydrogen-bond donors (Lipinski definition) is 1. The summed E-state index contributed by atoms with van der Waals surface area (Å²) in [6.07, 6.45) is 1.38. The number of halogens is 1. The first-order valence-corrected chi connectivity index (χ1v) is 5.80. The third kappa shape index (κ3) is 4.23. The third-order valence-electron chi connectivity index (χ3n) is 2.33. The number of carbonyl (C=O) groups is 2. The highest BCUT2D eigenvalue weighted by atomic mass is 32.2. The molecule has 6 nitrogen and oxygen atoms in total. The molecule has 17 heavy (non-hydrogen) atoms. The fourth-order valence-electron chi connectivity index (χ4n) is 1.42. The molecular weight excluding hydrogens is 255 g/mol. The van der Waals surface area contributed by atoms with Crippen LogP contribution < -0.4 is 0 Å². The van der Waals surface area contributed by atoms with E-state index >= 15 is 0 Å². The molecule has 0 amide bonds. The van der Waals surface area contributed by atoms with E-state index in [1.54, 1.807) is 0 Å². The van der Waals surface area contributed by atoms with Gasteiger partial charge in [0.15, 0.2) is 11.9 Å². The summed E-state index contributed by atoms with van der Waals surface area (Å²) in [5.74, 6) is -1.44. The van der Waals surface area contributed by atoms with E-state index in [9.17, 15) is 14.0 Å². The molecule has 0 aromatic rings. The Morgan fingerprint density at radius 3 is 2.88 bits per heavy atom. The molecule has 0 radical (unpaired) electrons. The van der Waals surface area contributed by atoms with Crippen LogP contribution in [0.4, 0.5) is 4.39 Å². The van der Waals surface area contributed by atoms with Gasteiger partial charge in [0.2, 0.25) is 0 Å². The Kier molecular flexibility index (Phi) is 5.31. The van der Waals surface area contributed by atoms with Crippen LogP contribution in [0.25, 0.3) is 0 Å². The van der Waals surface area contributed by atoms with Crippen LogP contribution in [0, 0.1) is 0 Å². The van der Waals surface area contributed by atoms with Gasteiger partial charge in [-0.25, -0.2) is 14.4 Å². The summed E-state index contributed by atoms with van der Waals surface area (Å²) in [6.45, 7) is 0.881. The van der Waals surface area contributed by atoms with Crippen molar-refractivity contribution < 1.29 is 33.3 Å². The average Bonchev–Trinajstić information content (AvgIpc) is 2.29. The Morgan fingerprint density at radius 2 is 2.29 bits per heavy atom. The molecule has 0 aliphatic heterocycles. The molecule has 0 aromatic carbocycles. The second-order valence-electron chi connectivity index (χ2n) is 3.75. The van der Waals surface area contributed by atoms with Crippen LogP contribution in [0.15, 0.2) is 0 Å². The van der Waals surface area contributed by atoms with E-state index < -0.39 is 17.1 Å². The maximum Gasteiger partial charge on any atom is 0.357 e. The van der Waals surface area contributed by atoms with E-state index in [2.05, 4.69) is 9.37 Å². The molecule has 98 valence electrons. The van der Waals surface area contributed by atoms with Crippen LogP contribution in [0.2, 0.25) is 0 Å². The highest BCUT2D eigenvalue weighted by Gasteiger charge is 2.40. The second kappa shape index (κ2) is 6.29. The van der Waals surface area contributed by atoms with Gasteiger partial charge < -0.3 is 4.74 Å². The summed E-state index contributed by atoms with van der Waals surface area (Å²) < 4.78 is 22.2. The van der Waals surface area contributed by atoms with E-state index in [0.717, 1.165) is 19.8 Å². The number of carbonyl (C=O) groups excluding carboxylic acids is 2. The van der Waals surface area contributed by atoms with E-state index in [1.807, 2.05) is 0 Å². The molecule has 0 bridgehead atoms. The summed E-state index contributed by atoms with van der Waals surface area (Å²) >= 11 is -0.0481. The predicted octanol–water partition coefficient (Wildman–Crippen LogP) is 1.80. The standard InChI is InChI=1S/C9H13FO6S/c1-9(10,17-16-15-13)8(12)14-7-5-3-2-4-6(7)11/h7,13H,2-5H2,1H3. The number of alkyl halides is 1. The number of hydrogen-bond acceptors (Lipinski definition) is 7. The molecule has 0 heterocycles. The molecule has 1 fully saturated rings. The fourth-order valence-corrected chi connectivity index (χ4v) is 1.70. The lowest BCUT2D eigenvalue weighted by Crippen LogP contribution is -2.37. The molecule has 0 spiro atoms. The smallest absolute Gasteiger partial charge is 0.357 e. The van der Waals surface area contributed by atoms with E-state index in [0.29, 0.717) is 12.8 Å². The summed E-state index contributed by atoms with van der Waals surface area (Å²) in [7, 11) is 0. The number of ketones is 1. The molecule has 1 aliphatic rings. The van der Waals surface area contributed by atoms with Crippen molar-refractivity contribution in [3.8, 4) is 0 Å². The predicted molar refractivity (Wildman–Crippen MR) is 55.3 cm³/mol. The SMILES string of the molecule is CC(F)(SOOO)C(=O)OC1CCCCC1=O. The van der Waals surface area contributed by atoms with Crippen molar-refractivity contribution in [2.75, 3.05) is 0 Å². The Balaban J connectivity index is 2.49. The Bertz CT molecular complexity index is 295. The number of Topliss-reactive ketones (excluding diaryl/α,β-unsaturated/α-hetero) is 1. The topological polar surface area (TPSA) is 82.1 Å². The van der Waals surface area contributed by atoms with Crippen LogP contribution in [0.3, 0.4) is 0 Å². The number of rotatable bonds is 5. The number of esters is 1. The van der Waals surface area contributed by atoms with Crippen LogP contribution >= 0.6 is 12.0 Å². The highest BCUT2D eigenvalue weighted by Crippen LogP contribution is 2.30. The quantitative estimate of drug-likeness (QED) is 0.352. The Labute approximate surface area is 101 Å². The van der Waals surface area contributed by atoms with Crippen molar-refractivity contribution in [1.29, 1.82) is 0 Å². The van der Waals surface area contributed by atoms with E-state index in [1.165, 1.54) is 0 Å². The van der Waals surface area contributed by atoms with Crippen molar-refractivity contribution in [2.24, 2.45) is 0 Å². The van der Waals surface area contributed by atoms with Crippen molar-refractivity contribution >= 4 is 23.8 Å². The van der Waals surface area contributed by atoms with Gasteiger partial charge in [0, 0.05) is 6.42 Å². The average molecular weight is 268 g/mol. The minimum atomic E-state index is -2.56. The van der Waals surface area contributed by atoms with Crippen LogP contribution in [0.1, 0.15) is 32.6 Å². The molecule has 2 unspecified atom stereocenters. The monoisotopic (exact) mass is 268 g/mol. The van der Waals surface area contributed by atoms with Crippen molar-refractivity contribution in [3.05, 3.63) is 0 Å². The fraction of sp³-hybridized carbons (Fsp3) is 0.778. The Morgan fingerprint density at radius 1 is 1.59 bits per heavy atom. The third-order valence-corrected chi connectivity index (χ3v) is 2.94. The second-order valence-corrected chi connectivity index (χ2v) is 4.82. The van der Waals surface area contributed by atoms with Gasteiger partial charge in [0.05, 0.1) is 12.0 Å². The van der Waals surface area contributed by atoms with Crippen molar-refractivity contribution in [3.63, 3.8) is 0 Å². The molecule has 8 heteroatoms. The summed E-state index contributed by atoms with van der Waals surface area (Å²) in [6, 6.07) is 0. The van der Waals surface area contributed by atoms with Gasteiger partial charge in [-0.3, -0.25) is 4.79 Å². The van der Waals surface area contributed by atoms with E-state index in [-0.39, 0.29) is 17.8 Å². The molecular formula is C9H13FO6S. The molecule has 1 aliphatic carbocycles. The molecule has 2 atom stereocenters. The summed E-state index contributed by atoms with van der Waals surface area (Å²) in [4.78, 5) is 22.8. The maximum absolute atomic E-state index is 13.6. The molecule has 0 aromatic heterocycles. The highest BCUT2D eigenvalue weighted by molar-refractivity contribution is 7.96. The molecule has 1 saturated carbocycles. The van der Waals surface area contributed by atoms with Gasteiger partial charge in [-0.1, -0.05) is 5.04 Å². The first kappa shape index (κ1) is 14.4. The summed E-state index contributed by atoms with van der Waals surface area (Å²) in [5.41, 5.74) is 0. The van der Waals surface area contributed by atoms with E-state index in [4.69, 9.17) is 9.99 Å². The largest absolute Gasteiger partial charge is 0.451 e. The molecule has 1 N–H and O–H groups in total. The first-order valence-electron chi connectivity index (χ1n) is 5.06. The van der Waals surface area contributed by atoms with Crippen molar-refractivity contribution in [2.45, 2.75) is 43.7 Å². The minimum absolute atomic E-state index is 0.0481. The van der Waals surface area contributed by atoms with Crippen LogP contribution in [0.5, 0.6) is 0 Å². The minimum Gasteiger partial charge on any atom is -0.451 e. The zero-order valence-corrected chi connectivity index (χ0v) is 10.00. The van der Waals surface area contributed by atoms with Crippen molar-refractivity contribution in [1.82, 2.24) is 0 Å². The maximum atomic E-state index is 13.6. The van der Waals surface area contributed by atoms with Gasteiger partial charge in [-0.05, 0) is 26.2 Å². The lowest BCUT2D eigenvalue weighted by Gasteiger charge is -2.23. The lowest BCUT2D eigenvalue weighted by molar-refractivity contribution is -0.432. The zero-order valence-electron chi connectivity index (χ0n) is 9.18.